The van der Waals surface area contributed by atoms with Crippen LogP contribution in [0.1, 0.15) is 27.2 Å². The molecule has 0 saturated carbocycles. The van der Waals surface area contributed by atoms with Crippen molar-refractivity contribution in [2.75, 3.05) is 20.8 Å². The second-order valence-corrected chi connectivity index (χ2v) is 5.08. The molecule has 0 spiro atoms. The smallest absolute Gasteiger partial charge is 0.292 e. The summed E-state index contributed by atoms with van der Waals surface area (Å²) in [6, 6.07) is 1.50. The molecule has 22 heavy (non-hydrogen) atoms. The highest BCUT2D eigenvalue weighted by atomic mass is 16.5. The minimum absolute atomic E-state index is 0.182. The van der Waals surface area contributed by atoms with Gasteiger partial charge in [-0.2, -0.15) is 0 Å². The Bertz CT molecular complexity index is 683. The molecule has 1 aliphatic rings. The van der Waals surface area contributed by atoms with Crippen LogP contribution in [0.5, 0.6) is 5.88 Å². The molecular formula is C15H17N3O4. The van der Waals surface area contributed by atoms with E-state index in [2.05, 4.69) is 10.1 Å². The van der Waals surface area contributed by atoms with Crippen molar-refractivity contribution in [3.63, 3.8) is 0 Å². The third kappa shape index (κ3) is 2.67. The van der Waals surface area contributed by atoms with Crippen LogP contribution in [-0.2, 0) is 24.3 Å². The molecule has 0 aromatic carbocycles. The molecule has 0 aliphatic carbocycles. The van der Waals surface area contributed by atoms with Crippen LogP contribution in [-0.4, -0.2) is 41.7 Å². The molecule has 7 nitrogen and oxygen atoms in total. The number of pyridine rings is 1. The quantitative estimate of drug-likeness (QED) is 0.850. The van der Waals surface area contributed by atoms with E-state index in [-0.39, 0.29) is 11.7 Å². The molecular weight excluding hydrogens is 286 g/mol. The van der Waals surface area contributed by atoms with Gasteiger partial charge in [0.2, 0.25) is 5.76 Å². The highest BCUT2D eigenvalue weighted by Crippen LogP contribution is 2.24. The number of ether oxygens (including phenoxy) is 2. The van der Waals surface area contributed by atoms with E-state index >= 15 is 0 Å². The number of hydrogen-bond acceptors (Lipinski definition) is 6. The third-order valence-corrected chi connectivity index (χ3v) is 3.72. The Hall–Kier alpha value is -2.41. The predicted molar refractivity (Wildman–Crippen MR) is 76.4 cm³/mol. The number of aromatic nitrogens is 2. The SMILES string of the molecule is COCc1cncc2c1CCN(C(=O)c1cc(OC)no1)C2. The van der Waals surface area contributed by atoms with Crippen LogP contribution in [0.25, 0.3) is 0 Å². The summed E-state index contributed by atoms with van der Waals surface area (Å²) in [5.74, 6) is 0.282. The minimum Gasteiger partial charge on any atom is -0.479 e. The first-order valence-electron chi connectivity index (χ1n) is 6.96. The first kappa shape index (κ1) is 14.5. The Balaban J connectivity index is 1.79. The van der Waals surface area contributed by atoms with E-state index in [1.165, 1.54) is 18.7 Å². The Morgan fingerprint density at radius 2 is 2.27 bits per heavy atom. The van der Waals surface area contributed by atoms with Crippen LogP contribution in [0, 0.1) is 0 Å². The molecule has 0 bridgehead atoms. The Morgan fingerprint density at radius 1 is 1.41 bits per heavy atom. The highest BCUT2D eigenvalue weighted by Gasteiger charge is 2.26. The van der Waals surface area contributed by atoms with E-state index in [1.54, 1.807) is 18.2 Å². The molecule has 0 radical (unpaired) electrons. The van der Waals surface area contributed by atoms with Crippen LogP contribution in [0.15, 0.2) is 23.0 Å². The van der Waals surface area contributed by atoms with Crippen molar-refractivity contribution in [1.29, 1.82) is 0 Å². The monoisotopic (exact) mass is 303 g/mol. The lowest BCUT2D eigenvalue weighted by Gasteiger charge is -2.29. The molecule has 2 aromatic heterocycles. The topological polar surface area (TPSA) is 77.7 Å². The van der Waals surface area contributed by atoms with E-state index in [9.17, 15) is 4.79 Å². The number of rotatable bonds is 4. The van der Waals surface area contributed by atoms with Crippen molar-refractivity contribution in [3.8, 4) is 5.88 Å². The standard InChI is InChI=1S/C15H17N3O4/c1-20-9-11-7-16-6-10-8-18(4-3-12(10)11)15(19)13-5-14(21-2)17-22-13/h5-7H,3-4,8-9H2,1-2H3. The maximum atomic E-state index is 12.4. The number of carbonyl (C=O) groups is 1. The van der Waals surface area contributed by atoms with Crippen molar-refractivity contribution in [2.45, 2.75) is 19.6 Å². The Labute approximate surface area is 127 Å². The summed E-state index contributed by atoms with van der Waals surface area (Å²) in [5, 5.41) is 3.66. The summed E-state index contributed by atoms with van der Waals surface area (Å²) in [6.45, 7) is 1.65. The summed E-state index contributed by atoms with van der Waals surface area (Å²) >= 11 is 0. The number of hydrogen-bond donors (Lipinski definition) is 0. The fourth-order valence-corrected chi connectivity index (χ4v) is 2.63. The molecule has 3 heterocycles. The maximum absolute atomic E-state index is 12.4. The van der Waals surface area contributed by atoms with Crippen LogP contribution in [0.3, 0.4) is 0 Å². The van der Waals surface area contributed by atoms with Crippen LogP contribution < -0.4 is 4.74 Å². The average molecular weight is 303 g/mol. The summed E-state index contributed by atoms with van der Waals surface area (Å²) in [4.78, 5) is 18.4. The van der Waals surface area contributed by atoms with Crippen LogP contribution >= 0.6 is 0 Å². The summed E-state index contributed by atoms with van der Waals surface area (Å²) in [6.07, 6.45) is 4.39. The largest absolute Gasteiger partial charge is 0.479 e. The fraction of sp³-hybridized carbons (Fsp3) is 0.400. The van der Waals surface area contributed by atoms with E-state index in [4.69, 9.17) is 14.0 Å². The number of carbonyl (C=O) groups excluding carboxylic acids is 1. The van der Waals surface area contributed by atoms with Gasteiger partial charge in [-0.3, -0.25) is 9.78 Å². The highest BCUT2D eigenvalue weighted by molar-refractivity contribution is 5.91. The lowest BCUT2D eigenvalue weighted by atomic mass is 9.97. The molecule has 3 rings (SSSR count). The summed E-state index contributed by atoms with van der Waals surface area (Å²) in [7, 11) is 3.14. The van der Waals surface area contributed by atoms with Crippen LogP contribution in [0.4, 0.5) is 0 Å². The molecule has 7 heteroatoms. The molecule has 116 valence electrons. The molecule has 0 atom stereocenters. The zero-order chi connectivity index (χ0) is 15.5. The normalized spacial score (nSPS) is 13.8. The van der Waals surface area contributed by atoms with E-state index in [0.717, 1.165) is 17.5 Å². The third-order valence-electron chi connectivity index (χ3n) is 3.72. The van der Waals surface area contributed by atoms with Gasteiger partial charge in [0.05, 0.1) is 19.8 Å². The van der Waals surface area contributed by atoms with E-state index < -0.39 is 0 Å². The van der Waals surface area contributed by atoms with Gasteiger partial charge in [0.15, 0.2) is 0 Å². The number of fused-ring (bicyclic) bond motifs is 1. The average Bonchev–Trinajstić information content (AvgIpc) is 3.03. The number of amides is 1. The van der Waals surface area contributed by atoms with Gasteiger partial charge >= 0.3 is 0 Å². The second-order valence-electron chi connectivity index (χ2n) is 5.08. The lowest BCUT2D eigenvalue weighted by molar-refractivity contribution is 0.0691. The molecule has 0 N–H and O–H groups in total. The number of nitrogens with zero attached hydrogens (tertiary/aromatic N) is 3. The van der Waals surface area contributed by atoms with Gasteiger partial charge in [-0.05, 0) is 28.3 Å². The molecule has 0 fully saturated rings. The van der Waals surface area contributed by atoms with Gasteiger partial charge in [0, 0.05) is 32.6 Å². The van der Waals surface area contributed by atoms with Crippen molar-refractivity contribution in [3.05, 3.63) is 40.9 Å². The Kier molecular flexibility index (Phi) is 4.06. The second kappa shape index (κ2) is 6.15. The van der Waals surface area contributed by atoms with Gasteiger partial charge in [-0.1, -0.05) is 0 Å². The number of methoxy groups -OCH3 is 2. The molecule has 2 aromatic rings. The van der Waals surface area contributed by atoms with E-state index in [1.807, 2.05) is 6.20 Å². The van der Waals surface area contributed by atoms with Crippen molar-refractivity contribution >= 4 is 5.91 Å². The van der Waals surface area contributed by atoms with Gasteiger partial charge in [0.1, 0.15) is 0 Å². The first-order chi connectivity index (χ1) is 10.7. The molecule has 1 aliphatic heterocycles. The van der Waals surface area contributed by atoms with Crippen molar-refractivity contribution < 1.29 is 18.8 Å². The van der Waals surface area contributed by atoms with Gasteiger partial charge < -0.3 is 18.9 Å². The summed E-state index contributed by atoms with van der Waals surface area (Å²) in [5.41, 5.74) is 3.34. The van der Waals surface area contributed by atoms with Crippen molar-refractivity contribution in [2.24, 2.45) is 0 Å². The van der Waals surface area contributed by atoms with Crippen molar-refractivity contribution in [1.82, 2.24) is 15.0 Å². The lowest BCUT2D eigenvalue weighted by Crippen LogP contribution is -2.36. The molecule has 0 saturated heterocycles. The minimum atomic E-state index is -0.196. The predicted octanol–water partition coefficient (Wildman–Crippen LogP) is 1.42. The molecule has 1 amide bonds. The fourth-order valence-electron chi connectivity index (χ4n) is 2.63. The zero-order valence-electron chi connectivity index (χ0n) is 12.5. The van der Waals surface area contributed by atoms with Gasteiger partial charge in [-0.15, -0.1) is 0 Å². The van der Waals surface area contributed by atoms with Gasteiger partial charge in [0.25, 0.3) is 11.8 Å². The molecule has 0 unspecified atom stereocenters. The Morgan fingerprint density at radius 3 is 3.00 bits per heavy atom. The van der Waals surface area contributed by atoms with Crippen LogP contribution in [0.2, 0.25) is 0 Å². The maximum Gasteiger partial charge on any atom is 0.292 e. The summed E-state index contributed by atoms with van der Waals surface area (Å²) < 4.78 is 15.1. The zero-order valence-corrected chi connectivity index (χ0v) is 12.5. The van der Waals surface area contributed by atoms with Gasteiger partial charge in [-0.25, -0.2) is 0 Å². The van der Waals surface area contributed by atoms with E-state index in [0.29, 0.717) is 25.6 Å². The first-order valence-corrected chi connectivity index (χ1v) is 6.96.